The first-order chi connectivity index (χ1) is 15.2. The van der Waals surface area contributed by atoms with Gasteiger partial charge in [-0.05, 0) is 45.7 Å². The van der Waals surface area contributed by atoms with Crippen LogP contribution < -0.4 is 5.73 Å². The molecule has 0 saturated carbocycles. The van der Waals surface area contributed by atoms with Crippen molar-refractivity contribution in [1.29, 1.82) is 0 Å². The Bertz CT molecular complexity index is 1170. The number of hydrogen-bond donors (Lipinski definition) is 1. The maximum Gasteiger partial charge on any atom is 0.410 e. The molecule has 11 heteroatoms. The number of sulfone groups is 1. The van der Waals surface area contributed by atoms with E-state index in [0.717, 1.165) is 0 Å². The number of ether oxygens (including phenoxy) is 1. The summed E-state index contributed by atoms with van der Waals surface area (Å²) in [6.45, 7) is 5.67. The zero-order valence-electron chi connectivity index (χ0n) is 19.2. The van der Waals surface area contributed by atoms with Gasteiger partial charge in [-0.25, -0.2) is 13.2 Å². The van der Waals surface area contributed by atoms with E-state index in [-0.39, 0.29) is 30.4 Å². The van der Waals surface area contributed by atoms with Gasteiger partial charge in [-0.15, -0.1) is 0 Å². The van der Waals surface area contributed by atoms with Crippen LogP contribution in [0.2, 0.25) is 5.02 Å². The predicted octanol–water partition coefficient (Wildman–Crippen LogP) is 3.42. The van der Waals surface area contributed by atoms with Gasteiger partial charge in [0.05, 0.1) is 23.8 Å². The van der Waals surface area contributed by atoms with Crippen molar-refractivity contribution in [2.45, 2.75) is 51.8 Å². The minimum absolute atomic E-state index is 0.0103. The van der Waals surface area contributed by atoms with E-state index in [2.05, 4.69) is 5.10 Å². The third kappa shape index (κ3) is 6.26. The van der Waals surface area contributed by atoms with Crippen LogP contribution in [0.25, 0.3) is 11.3 Å². The number of amides is 2. The average molecular weight is 497 g/mol. The summed E-state index contributed by atoms with van der Waals surface area (Å²) in [6.07, 6.45) is 1.48. The Morgan fingerprint density at radius 2 is 2.00 bits per heavy atom. The number of hydrogen-bond acceptors (Lipinski definition) is 6. The Morgan fingerprint density at radius 1 is 1.30 bits per heavy atom. The van der Waals surface area contributed by atoms with Gasteiger partial charge in [-0.2, -0.15) is 5.10 Å². The number of benzene rings is 1. The van der Waals surface area contributed by atoms with E-state index in [9.17, 15) is 18.0 Å². The number of carbonyl (C=O) groups is 2. The van der Waals surface area contributed by atoms with E-state index in [4.69, 9.17) is 22.1 Å². The van der Waals surface area contributed by atoms with Crippen LogP contribution in [0.5, 0.6) is 0 Å². The Kier molecular flexibility index (Phi) is 7.09. The van der Waals surface area contributed by atoms with Crippen LogP contribution in [0, 0.1) is 0 Å². The number of aromatic nitrogens is 2. The molecule has 0 bridgehead atoms. The number of primary amides is 1. The third-order valence-corrected chi connectivity index (χ3v) is 6.44. The molecule has 1 aliphatic heterocycles. The van der Waals surface area contributed by atoms with Crippen molar-refractivity contribution in [2.75, 3.05) is 18.6 Å². The molecule has 1 unspecified atom stereocenters. The van der Waals surface area contributed by atoms with E-state index in [1.165, 1.54) is 11.2 Å². The molecule has 1 aromatic carbocycles. The van der Waals surface area contributed by atoms with Crippen LogP contribution in [-0.2, 0) is 21.1 Å². The van der Waals surface area contributed by atoms with E-state index in [0.29, 0.717) is 34.8 Å². The molecule has 180 valence electrons. The highest BCUT2D eigenvalue weighted by atomic mass is 35.5. The topological polar surface area (TPSA) is 125 Å². The molecular formula is C22H29ClN4O5S. The largest absolute Gasteiger partial charge is 0.444 e. The second-order valence-electron chi connectivity index (χ2n) is 9.28. The second-order valence-corrected chi connectivity index (χ2v) is 12.0. The smallest absolute Gasteiger partial charge is 0.410 e. The Labute approximate surface area is 198 Å². The van der Waals surface area contributed by atoms with Gasteiger partial charge in [0, 0.05) is 29.1 Å². The van der Waals surface area contributed by atoms with Crippen LogP contribution in [0.15, 0.2) is 24.3 Å². The highest BCUT2D eigenvalue weighted by Crippen LogP contribution is 2.34. The first-order valence-corrected chi connectivity index (χ1v) is 13.0. The summed E-state index contributed by atoms with van der Waals surface area (Å²) in [5, 5.41) is 5.16. The highest BCUT2D eigenvalue weighted by Gasteiger charge is 2.36. The lowest BCUT2D eigenvalue weighted by Gasteiger charge is -2.35. The van der Waals surface area contributed by atoms with E-state index >= 15 is 0 Å². The van der Waals surface area contributed by atoms with Crippen molar-refractivity contribution in [1.82, 2.24) is 14.7 Å². The second kappa shape index (κ2) is 9.34. The molecule has 2 amide bonds. The van der Waals surface area contributed by atoms with Gasteiger partial charge < -0.3 is 15.4 Å². The van der Waals surface area contributed by atoms with Gasteiger partial charge in [0.1, 0.15) is 21.1 Å². The first-order valence-electron chi connectivity index (χ1n) is 10.6. The lowest BCUT2D eigenvalue weighted by molar-refractivity contribution is 0.0153. The molecule has 3 rings (SSSR count). The molecule has 9 nitrogen and oxygen atoms in total. The molecule has 33 heavy (non-hydrogen) atoms. The maximum absolute atomic E-state index is 12.8. The minimum atomic E-state index is -3.14. The van der Waals surface area contributed by atoms with E-state index in [1.807, 2.05) is 0 Å². The Balaban J connectivity index is 2.05. The van der Waals surface area contributed by atoms with Gasteiger partial charge in [-0.1, -0.05) is 23.7 Å². The van der Waals surface area contributed by atoms with Crippen molar-refractivity contribution >= 4 is 33.4 Å². The van der Waals surface area contributed by atoms with Crippen molar-refractivity contribution in [3.63, 3.8) is 0 Å². The summed E-state index contributed by atoms with van der Waals surface area (Å²) < 4.78 is 30.5. The molecule has 0 fully saturated rings. The fourth-order valence-electron chi connectivity index (χ4n) is 3.86. The normalized spacial score (nSPS) is 16.4. The van der Waals surface area contributed by atoms with Crippen molar-refractivity contribution in [2.24, 2.45) is 5.73 Å². The first kappa shape index (κ1) is 25.0. The van der Waals surface area contributed by atoms with Crippen LogP contribution in [-0.4, -0.2) is 59.3 Å². The number of nitrogens with zero attached hydrogens (tertiary/aromatic N) is 3. The van der Waals surface area contributed by atoms with Crippen LogP contribution in [0.3, 0.4) is 0 Å². The average Bonchev–Trinajstić information content (AvgIpc) is 3.05. The summed E-state index contributed by atoms with van der Waals surface area (Å²) in [7, 11) is -3.14. The third-order valence-electron chi connectivity index (χ3n) is 5.18. The quantitative estimate of drug-likeness (QED) is 0.653. The Morgan fingerprint density at radius 3 is 2.58 bits per heavy atom. The Hall–Kier alpha value is -2.59. The molecule has 0 radical (unpaired) electrons. The van der Waals surface area contributed by atoms with Crippen LogP contribution in [0.4, 0.5) is 4.79 Å². The molecule has 2 aromatic rings. The number of nitrogens with two attached hydrogens (primary N) is 1. The van der Waals surface area contributed by atoms with Crippen molar-refractivity contribution in [3.8, 4) is 11.3 Å². The van der Waals surface area contributed by atoms with Crippen LogP contribution >= 0.6 is 11.6 Å². The lowest BCUT2D eigenvalue weighted by Crippen LogP contribution is -2.44. The molecule has 0 saturated heterocycles. The minimum Gasteiger partial charge on any atom is -0.444 e. The van der Waals surface area contributed by atoms with Crippen molar-refractivity contribution < 1.29 is 22.7 Å². The molecular weight excluding hydrogens is 468 g/mol. The number of carbonyl (C=O) groups excluding carboxylic acids is 2. The zero-order chi connectivity index (χ0) is 24.6. The van der Waals surface area contributed by atoms with Crippen LogP contribution in [0.1, 0.15) is 55.7 Å². The highest BCUT2D eigenvalue weighted by molar-refractivity contribution is 7.90. The van der Waals surface area contributed by atoms with Gasteiger partial charge in [-0.3, -0.25) is 9.48 Å². The maximum atomic E-state index is 12.8. The predicted molar refractivity (Wildman–Crippen MR) is 126 cm³/mol. The molecule has 0 aliphatic carbocycles. The zero-order valence-corrected chi connectivity index (χ0v) is 20.7. The van der Waals surface area contributed by atoms with Gasteiger partial charge in [0.15, 0.2) is 0 Å². The van der Waals surface area contributed by atoms with Gasteiger partial charge in [0.2, 0.25) is 0 Å². The van der Waals surface area contributed by atoms with E-state index < -0.39 is 27.4 Å². The van der Waals surface area contributed by atoms with Gasteiger partial charge >= 0.3 is 6.09 Å². The SMILES string of the molecule is CC(C)(C)OC(=O)N1Cc2c(C(N)=O)c(-c3cccc(Cl)c3)nn2C(CCCS(C)(=O)=O)C1. The monoisotopic (exact) mass is 496 g/mol. The number of rotatable bonds is 6. The molecule has 2 N–H and O–H groups in total. The number of fused-ring (bicyclic) bond motifs is 1. The number of halogens is 1. The summed E-state index contributed by atoms with van der Waals surface area (Å²) in [4.78, 5) is 26.8. The summed E-state index contributed by atoms with van der Waals surface area (Å²) in [5.74, 6) is -0.664. The molecule has 1 atom stereocenters. The van der Waals surface area contributed by atoms with Gasteiger partial charge in [0.25, 0.3) is 5.91 Å². The fraction of sp³-hybridized carbons (Fsp3) is 0.500. The van der Waals surface area contributed by atoms with Crippen molar-refractivity contribution in [3.05, 3.63) is 40.5 Å². The standard InChI is InChI=1S/C22H29ClN4O5S/c1-22(2,3)32-21(29)26-12-16(9-6-10-33(4,30)31)27-17(13-26)18(20(24)28)19(25-27)14-7-5-8-15(23)11-14/h5,7-8,11,16H,6,9-10,12-13H2,1-4H3,(H2,24,28). The fourth-order valence-corrected chi connectivity index (χ4v) is 4.74. The summed E-state index contributed by atoms with van der Waals surface area (Å²) in [6, 6.07) is 6.57. The molecule has 0 spiro atoms. The molecule has 1 aliphatic rings. The lowest BCUT2D eigenvalue weighted by atomic mass is 10.0. The summed E-state index contributed by atoms with van der Waals surface area (Å²) >= 11 is 6.14. The van der Waals surface area contributed by atoms with E-state index in [1.54, 1.807) is 49.7 Å². The molecule has 2 heterocycles. The summed E-state index contributed by atoms with van der Waals surface area (Å²) in [5.41, 5.74) is 6.74. The molecule has 1 aromatic heterocycles.